The molecule has 0 saturated carbocycles. The molecule has 112 valence electrons. The smallest absolute Gasteiger partial charge is 0.179 e. The van der Waals surface area contributed by atoms with Gasteiger partial charge in [-0.05, 0) is 62.4 Å². The second-order valence-corrected chi connectivity index (χ2v) is 6.42. The number of hydrogen-bond acceptors (Lipinski definition) is 2. The largest absolute Gasteiger partial charge is 0.293 e. The molecule has 2 heteroatoms. The Labute approximate surface area is 131 Å². The minimum Gasteiger partial charge on any atom is -0.293 e. The first-order valence-electron chi connectivity index (χ1n) is 7.59. The number of hydrogen-bond donors (Lipinski definition) is 0. The third-order valence-electron chi connectivity index (χ3n) is 4.67. The van der Waals surface area contributed by atoms with Crippen LogP contribution in [0.25, 0.3) is 0 Å². The molecule has 0 amide bonds. The maximum absolute atomic E-state index is 12.9. The summed E-state index contributed by atoms with van der Waals surface area (Å²) in [5.41, 5.74) is 7.10. The topological polar surface area (TPSA) is 34.1 Å². The van der Waals surface area contributed by atoms with Crippen molar-refractivity contribution in [2.24, 2.45) is 0 Å². The molecule has 0 N–H and O–H groups in total. The summed E-state index contributed by atoms with van der Waals surface area (Å²) < 4.78 is 0. The monoisotopic (exact) mass is 292 g/mol. The van der Waals surface area contributed by atoms with E-state index in [4.69, 9.17) is 0 Å². The molecule has 3 rings (SSSR count). The van der Waals surface area contributed by atoms with E-state index in [0.717, 1.165) is 33.4 Å². The maximum atomic E-state index is 12.9. The van der Waals surface area contributed by atoms with Gasteiger partial charge in [0.25, 0.3) is 0 Å². The van der Waals surface area contributed by atoms with Crippen molar-refractivity contribution in [1.82, 2.24) is 0 Å². The van der Waals surface area contributed by atoms with Gasteiger partial charge in [0.05, 0.1) is 0 Å². The van der Waals surface area contributed by atoms with Gasteiger partial charge in [-0.15, -0.1) is 0 Å². The summed E-state index contributed by atoms with van der Waals surface area (Å²) >= 11 is 0. The molecule has 2 aromatic carbocycles. The molecule has 1 aliphatic carbocycles. The van der Waals surface area contributed by atoms with Crippen LogP contribution in [0.5, 0.6) is 0 Å². The van der Waals surface area contributed by atoms with Crippen LogP contribution < -0.4 is 0 Å². The van der Waals surface area contributed by atoms with Crippen molar-refractivity contribution in [3.8, 4) is 0 Å². The first-order chi connectivity index (χ1) is 10.3. The molecule has 0 spiro atoms. The van der Waals surface area contributed by atoms with Crippen molar-refractivity contribution in [1.29, 1.82) is 0 Å². The lowest BCUT2D eigenvalue weighted by atomic mass is 9.86. The average molecular weight is 292 g/mol. The van der Waals surface area contributed by atoms with Gasteiger partial charge in [-0.25, -0.2) is 0 Å². The number of carbonyl (C=O) groups is 2. The second kappa shape index (κ2) is 4.91. The predicted octanol–water partition coefficient (Wildman–Crippen LogP) is 4.39. The SMILES string of the molecule is Cc1cc(C)c(C2C(=O)c3c(C)ccc(C)c3C2=O)c(C)c1. The molecule has 22 heavy (non-hydrogen) atoms. The van der Waals surface area contributed by atoms with E-state index in [1.165, 1.54) is 0 Å². The van der Waals surface area contributed by atoms with E-state index in [0.29, 0.717) is 11.1 Å². The third-order valence-corrected chi connectivity index (χ3v) is 4.67. The summed E-state index contributed by atoms with van der Waals surface area (Å²) in [5.74, 6) is -0.761. The molecular weight excluding hydrogens is 272 g/mol. The van der Waals surface area contributed by atoms with Gasteiger partial charge in [-0.2, -0.15) is 0 Å². The van der Waals surface area contributed by atoms with E-state index in [1.807, 2.05) is 58.9 Å². The van der Waals surface area contributed by atoms with Crippen molar-refractivity contribution >= 4 is 11.6 Å². The first kappa shape index (κ1) is 14.7. The van der Waals surface area contributed by atoms with E-state index in [-0.39, 0.29) is 11.6 Å². The molecule has 2 nitrogen and oxygen atoms in total. The second-order valence-electron chi connectivity index (χ2n) is 6.42. The van der Waals surface area contributed by atoms with Crippen molar-refractivity contribution < 1.29 is 9.59 Å². The van der Waals surface area contributed by atoms with Gasteiger partial charge in [0.2, 0.25) is 0 Å². The van der Waals surface area contributed by atoms with Gasteiger partial charge in [0.1, 0.15) is 5.92 Å². The van der Waals surface area contributed by atoms with Crippen LogP contribution in [0, 0.1) is 34.6 Å². The lowest BCUT2D eigenvalue weighted by Crippen LogP contribution is -2.16. The Morgan fingerprint density at radius 3 is 1.50 bits per heavy atom. The summed E-state index contributed by atoms with van der Waals surface area (Å²) in [6.45, 7) is 9.81. The molecule has 0 unspecified atom stereocenters. The van der Waals surface area contributed by atoms with Crippen LogP contribution in [0.2, 0.25) is 0 Å². The summed E-state index contributed by atoms with van der Waals surface area (Å²) in [6, 6.07) is 7.95. The Hall–Kier alpha value is -2.22. The Balaban J connectivity index is 2.25. The minimum atomic E-state index is -0.671. The molecule has 0 radical (unpaired) electrons. The standard InChI is InChI=1S/C20H20O2/c1-10-8-13(4)15(14(5)9-10)18-19(21)16-11(2)6-7-12(3)17(16)20(18)22/h6-9,18H,1-5H3. The zero-order valence-electron chi connectivity index (χ0n) is 13.7. The number of fused-ring (bicyclic) bond motifs is 1. The van der Waals surface area contributed by atoms with Crippen LogP contribution in [0.4, 0.5) is 0 Å². The number of benzene rings is 2. The summed E-state index contributed by atoms with van der Waals surface area (Å²) in [5, 5.41) is 0. The van der Waals surface area contributed by atoms with Gasteiger partial charge < -0.3 is 0 Å². The van der Waals surface area contributed by atoms with Crippen molar-refractivity contribution in [2.45, 2.75) is 40.5 Å². The van der Waals surface area contributed by atoms with E-state index >= 15 is 0 Å². The number of aryl methyl sites for hydroxylation is 5. The van der Waals surface area contributed by atoms with Crippen molar-refractivity contribution in [3.63, 3.8) is 0 Å². The number of rotatable bonds is 1. The molecule has 0 saturated heterocycles. The minimum absolute atomic E-state index is 0.0451. The molecule has 0 aliphatic heterocycles. The van der Waals surface area contributed by atoms with Gasteiger partial charge in [0.15, 0.2) is 11.6 Å². The lowest BCUT2D eigenvalue weighted by Gasteiger charge is -2.15. The Kier molecular flexibility index (Phi) is 3.28. The zero-order valence-corrected chi connectivity index (χ0v) is 13.7. The molecule has 0 heterocycles. The highest BCUT2D eigenvalue weighted by molar-refractivity contribution is 6.31. The normalized spacial score (nSPS) is 14.6. The van der Waals surface area contributed by atoms with Crippen LogP contribution in [0.15, 0.2) is 24.3 Å². The first-order valence-corrected chi connectivity index (χ1v) is 7.59. The Morgan fingerprint density at radius 1 is 0.682 bits per heavy atom. The zero-order chi connectivity index (χ0) is 16.2. The highest BCUT2D eigenvalue weighted by atomic mass is 16.2. The fourth-order valence-corrected chi connectivity index (χ4v) is 3.76. The van der Waals surface area contributed by atoms with E-state index in [2.05, 4.69) is 0 Å². The fourth-order valence-electron chi connectivity index (χ4n) is 3.76. The van der Waals surface area contributed by atoms with Crippen LogP contribution in [0.3, 0.4) is 0 Å². The van der Waals surface area contributed by atoms with E-state index in [1.54, 1.807) is 0 Å². The maximum Gasteiger partial charge on any atom is 0.179 e. The molecular formula is C20H20O2. The van der Waals surface area contributed by atoms with Crippen LogP contribution in [-0.4, -0.2) is 11.6 Å². The molecule has 0 bridgehead atoms. The summed E-state index contributed by atoms with van der Waals surface area (Å²) in [7, 11) is 0. The molecule has 0 aromatic heterocycles. The van der Waals surface area contributed by atoms with Crippen LogP contribution in [-0.2, 0) is 0 Å². The Bertz CT molecular complexity index is 764. The van der Waals surface area contributed by atoms with Crippen LogP contribution >= 0.6 is 0 Å². The molecule has 2 aromatic rings. The third kappa shape index (κ3) is 1.94. The molecule has 0 fully saturated rings. The van der Waals surface area contributed by atoms with E-state index < -0.39 is 5.92 Å². The van der Waals surface area contributed by atoms with Gasteiger partial charge in [-0.3, -0.25) is 9.59 Å². The van der Waals surface area contributed by atoms with Gasteiger partial charge in [-0.1, -0.05) is 29.8 Å². The molecule has 1 aliphatic rings. The van der Waals surface area contributed by atoms with Gasteiger partial charge in [0, 0.05) is 11.1 Å². The summed E-state index contributed by atoms with van der Waals surface area (Å²) in [6.07, 6.45) is 0. The quantitative estimate of drug-likeness (QED) is 0.730. The van der Waals surface area contributed by atoms with Gasteiger partial charge >= 0.3 is 0 Å². The highest BCUT2D eigenvalue weighted by Crippen LogP contribution is 2.39. The number of Topliss-reactive ketones (excluding diaryl/α,β-unsaturated/α-hetero) is 2. The van der Waals surface area contributed by atoms with Crippen LogP contribution in [0.1, 0.15) is 60.0 Å². The average Bonchev–Trinajstić information content (AvgIpc) is 2.68. The number of carbonyl (C=O) groups excluding carboxylic acids is 2. The number of ketones is 2. The van der Waals surface area contributed by atoms with Crippen molar-refractivity contribution in [3.05, 3.63) is 68.8 Å². The van der Waals surface area contributed by atoms with Crippen molar-refractivity contribution in [2.75, 3.05) is 0 Å². The summed E-state index contributed by atoms with van der Waals surface area (Å²) in [4.78, 5) is 25.9. The lowest BCUT2D eigenvalue weighted by molar-refractivity contribution is 0.0889. The fraction of sp³-hybridized carbons (Fsp3) is 0.300. The highest BCUT2D eigenvalue weighted by Gasteiger charge is 2.42. The molecule has 0 atom stereocenters. The predicted molar refractivity (Wildman–Crippen MR) is 88.0 cm³/mol. The van der Waals surface area contributed by atoms with E-state index in [9.17, 15) is 9.59 Å². The Morgan fingerprint density at radius 2 is 1.09 bits per heavy atom.